The van der Waals surface area contributed by atoms with Crippen molar-refractivity contribution in [2.24, 2.45) is 0 Å². The van der Waals surface area contributed by atoms with E-state index >= 15 is 0 Å². The first-order valence-corrected chi connectivity index (χ1v) is 12.4. The van der Waals surface area contributed by atoms with E-state index in [-0.39, 0.29) is 11.7 Å². The topological polar surface area (TPSA) is 79.0 Å². The standard InChI is InChI=1S/C23H29N3O4S/c27-23(24-17-19-5-9-22(10-6-19)25-13-15-30-16-14-25)21-7-3-20(4-8-21)18-31(28,29)26-11-1-2-12-26/h3-10H,1-2,11-18H2,(H,24,27). The van der Waals surface area contributed by atoms with E-state index < -0.39 is 10.0 Å². The predicted octanol–water partition coefficient (Wildman–Crippen LogP) is 2.38. The fourth-order valence-corrected chi connectivity index (χ4v) is 5.56. The first kappa shape index (κ1) is 21.8. The molecule has 0 saturated carbocycles. The molecular weight excluding hydrogens is 414 g/mol. The second-order valence-electron chi connectivity index (χ2n) is 8.01. The monoisotopic (exact) mass is 443 g/mol. The molecule has 1 amide bonds. The number of ether oxygens (including phenoxy) is 1. The van der Waals surface area contributed by atoms with Crippen molar-refractivity contribution in [2.75, 3.05) is 44.3 Å². The molecule has 0 aromatic heterocycles. The Kier molecular flexibility index (Phi) is 6.89. The minimum absolute atomic E-state index is 0.0234. The summed E-state index contributed by atoms with van der Waals surface area (Å²) in [6.07, 6.45) is 1.85. The minimum atomic E-state index is -3.28. The van der Waals surface area contributed by atoms with Gasteiger partial charge in [0.05, 0.1) is 19.0 Å². The van der Waals surface area contributed by atoms with Crippen LogP contribution in [0.15, 0.2) is 48.5 Å². The van der Waals surface area contributed by atoms with Gasteiger partial charge in [0.1, 0.15) is 0 Å². The first-order valence-electron chi connectivity index (χ1n) is 10.8. The molecule has 4 rings (SSSR count). The zero-order valence-corrected chi connectivity index (χ0v) is 18.4. The average molecular weight is 444 g/mol. The number of hydrogen-bond acceptors (Lipinski definition) is 5. The van der Waals surface area contributed by atoms with Gasteiger partial charge in [0.25, 0.3) is 5.91 Å². The summed E-state index contributed by atoms with van der Waals surface area (Å²) in [6.45, 7) is 4.94. The largest absolute Gasteiger partial charge is 0.378 e. The summed E-state index contributed by atoms with van der Waals surface area (Å²) >= 11 is 0. The Bertz CT molecular complexity index is 978. The number of anilines is 1. The second-order valence-corrected chi connectivity index (χ2v) is 9.98. The molecule has 0 unspecified atom stereocenters. The Morgan fingerprint density at radius 1 is 0.871 bits per heavy atom. The van der Waals surface area contributed by atoms with Crippen LogP contribution in [-0.2, 0) is 27.1 Å². The Labute approximate surface area is 184 Å². The maximum absolute atomic E-state index is 12.5. The van der Waals surface area contributed by atoms with Crippen LogP contribution in [0.4, 0.5) is 5.69 Å². The maximum atomic E-state index is 12.5. The number of nitrogens with one attached hydrogen (secondary N) is 1. The molecule has 0 aliphatic carbocycles. The fraction of sp³-hybridized carbons (Fsp3) is 0.435. The first-order chi connectivity index (χ1) is 15.0. The highest BCUT2D eigenvalue weighted by Gasteiger charge is 2.25. The molecule has 2 fully saturated rings. The minimum Gasteiger partial charge on any atom is -0.378 e. The van der Waals surface area contributed by atoms with Crippen molar-refractivity contribution in [3.8, 4) is 0 Å². The van der Waals surface area contributed by atoms with Crippen LogP contribution in [-0.4, -0.2) is 58.0 Å². The third-order valence-corrected chi connectivity index (χ3v) is 7.64. The molecule has 1 N–H and O–H groups in total. The van der Waals surface area contributed by atoms with Crippen LogP contribution in [0.2, 0.25) is 0 Å². The van der Waals surface area contributed by atoms with Crippen molar-refractivity contribution in [1.29, 1.82) is 0 Å². The van der Waals surface area contributed by atoms with Crippen LogP contribution < -0.4 is 10.2 Å². The lowest BCUT2D eigenvalue weighted by Crippen LogP contribution is -2.36. The lowest BCUT2D eigenvalue weighted by molar-refractivity contribution is 0.0951. The highest BCUT2D eigenvalue weighted by atomic mass is 32.2. The van der Waals surface area contributed by atoms with Gasteiger partial charge in [0, 0.05) is 44.0 Å². The number of hydrogen-bond donors (Lipinski definition) is 1. The number of carbonyl (C=O) groups is 1. The predicted molar refractivity (Wildman–Crippen MR) is 121 cm³/mol. The van der Waals surface area contributed by atoms with E-state index in [0.717, 1.165) is 50.4 Å². The van der Waals surface area contributed by atoms with Crippen molar-refractivity contribution in [3.05, 3.63) is 65.2 Å². The number of amides is 1. The normalized spacial score (nSPS) is 17.6. The Morgan fingerprint density at radius 3 is 2.13 bits per heavy atom. The number of rotatable bonds is 7. The van der Waals surface area contributed by atoms with Gasteiger partial charge in [-0.05, 0) is 48.2 Å². The van der Waals surface area contributed by atoms with E-state index in [1.54, 1.807) is 28.6 Å². The molecule has 2 aromatic rings. The zero-order valence-electron chi connectivity index (χ0n) is 17.6. The van der Waals surface area contributed by atoms with Crippen molar-refractivity contribution >= 4 is 21.6 Å². The van der Waals surface area contributed by atoms with Gasteiger partial charge in [-0.3, -0.25) is 4.79 Å². The summed E-state index contributed by atoms with van der Waals surface area (Å²) in [5.74, 6) is -0.198. The summed E-state index contributed by atoms with van der Waals surface area (Å²) in [6, 6.07) is 15.0. The summed E-state index contributed by atoms with van der Waals surface area (Å²) in [7, 11) is -3.28. The van der Waals surface area contributed by atoms with Gasteiger partial charge in [-0.1, -0.05) is 24.3 Å². The fourth-order valence-electron chi connectivity index (χ4n) is 3.95. The van der Waals surface area contributed by atoms with Crippen molar-refractivity contribution in [2.45, 2.75) is 25.1 Å². The van der Waals surface area contributed by atoms with E-state index in [1.807, 2.05) is 12.1 Å². The number of carbonyl (C=O) groups excluding carboxylic acids is 1. The van der Waals surface area contributed by atoms with E-state index in [0.29, 0.717) is 30.8 Å². The highest BCUT2D eigenvalue weighted by molar-refractivity contribution is 7.88. The molecule has 0 radical (unpaired) electrons. The van der Waals surface area contributed by atoms with Crippen LogP contribution in [0.1, 0.15) is 34.3 Å². The van der Waals surface area contributed by atoms with Crippen LogP contribution >= 0.6 is 0 Å². The summed E-state index contributed by atoms with van der Waals surface area (Å²) in [5, 5.41) is 2.93. The average Bonchev–Trinajstić information content (AvgIpc) is 3.35. The van der Waals surface area contributed by atoms with E-state index in [9.17, 15) is 13.2 Å². The van der Waals surface area contributed by atoms with E-state index in [1.165, 1.54) is 0 Å². The maximum Gasteiger partial charge on any atom is 0.251 e. The Hall–Kier alpha value is -2.42. The van der Waals surface area contributed by atoms with Crippen molar-refractivity contribution in [3.63, 3.8) is 0 Å². The summed E-state index contributed by atoms with van der Waals surface area (Å²) in [5.41, 5.74) is 3.41. The Balaban J connectivity index is 1.29. The van der Waals surface area contributed by atoms with E-state index in [2.05, 4.69) is 22.3 Å². The molecule has 31 heavy (non-hydrogen) atoms. The molecule has 2 aromatic carbocycles. The molecule has 8 heteroatoms. The number of sulfonamides is 1. The molecule has 7 nitrogen and oxygen atoms in total. The molecule has 0 atom stereocenters. The van der Waals surface area contributed by atoms with Crippen LogP contribution in [0, 0.1) is 0 Å². The quantitative estimate of drug-likeness (QED) is 0.711. The third kappa shape index (κ3) is 5.64. The molecule has 2 heterocycles. The molecule has 166 valence electrons. The lowest BCUT2D eigenvalue weighted by atomic mass is 10.1. The van der Waals surface area contributed by atoms with Gasteiger partial charge in [-0.25, -0.2) is 12.7 Å². The molecule has 2 saturated heterocycles. The second kappa shape index (κ2) is 9.80. The van der Waals surface area contributed by atoms with Gasteiger partial charge in [-0.15, -0.1) is 0 Å². The summed E-state index contributed by atoms with van der Waals surface area (Å²) in [4.78, 5) is 14.8. The highest BCUT2D eigenvalue weighted by Crippen LogP contribution is 2.18. The van der Waals surface area contributed by atoms with Crippen molar-refractivity contribution < 1.29 is 17.9 Å². The van der Waals surface area contributed by atoms with Gasteiger partial charge in [0.2, 0.25) is 10.0 Å². The lowest BCUT2D eigenvalue weighted by Gasteiger charge is -2.28. The number of morpholine rings is 1. The van der Waals surface area contributed by atoms with Gasteiger partial charge < -0.3 is 15.0 Å². The molecule has 2 aliphatic heterocycles. The van der Waals surface area contributed by atoms with Gasteiger partial charge in [-0.2, -0.15) is 0 Å². The summed E-state index contributed by atoms with van der Waals surface area (Å²) < 4.78 is 31.8. The number of nitrogens with zero attached hydrogens (tertiary/aromatic N) is 2. The van der Waals surface area contributed by atoms with Crippen LogP contribution in [0.3, 0.4) is 0 Å². The SMILES string of the molecule is O=C(NCc1ccc(N2CCOCC2)cc1)c1ccc(CS(=O)(=O)N2CCCC2)cc1. The third-order valence-electron chi connectivity index (χ3n) is 5.79. The molecule has 0 spiro atoms. The molecule has 2 aliphatic rings. The Morgan fingerprint density at radius 2 is 1.48 bits per heavy atom. The molecular formula is C23H29N3O4S. The molecule has 0 bridgehead atoms. The van der Waals surface area contributed by atoms with E-state index in [4.69, 9.17) is 4.74 Å². The number of benzene rings is 2. The van der Waals surface area contributed by atoms with Crippen molar-refractivity contribution in [1.82, 2.24) is 9.62 Å². The van der Waals surface area contributed by atoms with Gasteiger partial charge in [0.15, 0.2) is 0 Å². The van der Waals surface area contributed by atoms with Gasteiger partial charge >= 0.3 is 0 Å². The van der Waals surface area contributed by atoms with Crippen LogP contribution in [0.25, 0.3) is 0 Å². The smallest absolute Gasteiger partial charge is 0.251 e. The zero-order chi connectivity index (χ0) is 21.7. The van der Waals surface area contributed by atoms with Crippen LogP contribution in [0.5, 0.6) is 0 Å².